The Morgan fingerprint density at radius 2 is 1.50 bits per heavy atom. The fourth-order valence-corrected chi connectivity index (χ4v) is 4.25. The highest BCUT2D eigenvalue weighted by molar-refractivity contribution is 4.92. The lowest BCUT2D eigenvalue weighted by Crippen LogP contribution is -2.25. The SMILES string of the molecule is CCCCCCCCC(C)C(C)(CC)CC1CC1CCCC. The molecule has 0 nitrogen and oxygen atoms in total. The predicted molar refractivity (Wildman–Crippen MR) is 101 cm³/mol. The minimum atomic E-state index is 0.606. The summed E-state index contributed by atoms with van der Waals surface area (Å²) in [5, 5.41) is 0. The van der Waals surface area contributed by atoms with Gasteiger partial charge in [0, 0.05) is 0 Å². The smallest absolute Gasteiger partial charge is 0.0300 e. The third-order valence-electron chi connectivity index (χ3n) is 6.71. The summed E-state index contributed by atoms with van der Waals surface area (Å²) in [6, 6.07) is 0. The van der Waals surface area contributed by atoms with Crippen molar-refractivity contribution in [3.05, 3.63) is 0 Å². The van der Waals surface area contributed by atoms with Crippen molar-refractivity contribution < 1.29 is 0 Å². The van der Waals surface area contributed by atoms with Crippen LogP contribution in [0.15, 0.2) is 0 Å². The van der Waals surface area contributed by atoms with Crippen LogP contribution in [-0.2, 0) is 0 Å². The van der Waals surface area contributed by atoms with Gasteiger partial charge in [0.05, 0.1) is 0 Å². The molecule has 22 heavy (non-hydrogen) atoms. The third-order valence-corrected chi connectivity index (χ3v) is 6.71. The van der Waals surface area contributed by atoms with Gasteiger partial charge in [-0.2, -0.15) is 0 Å². The van der Waals surface area contributed by atoms with Gasteiger partial charge in [0.1, 0.15) is 0 Å². The predicted octanol–water partition coefficient (Wildman–Crippen LogP) is 8.01. The minimum Gasteiger partial charge on any atom is -0.0654 e. The van der Waals surface area contributed by atoms with Crippen molar-refractivity contribution in [3.63, 3.8) is 0 Å². The summed E-state index contributed by atoms with van der Waals surface area (Å²) in [5.41, 5.74) is 0.606. The van der Waals surface area contributed by atoms with E-state index in [1.54, 1.807) is 6.42 Å². The van der Waals surface area contributed by atoms with Gasteiger partial charge in [0.2, 0.25) is 0 Å². The van der Waals surface area contributed by atoms with Gasteiger partial charge in [-0.05, 0) is 36.0 Å². The Balaban J connectivity index is 2.22. The molecule has 0 spiro atoms. The fraction of sp³-hybridized carbons (Fsp3) is 1.00. The van der Waals surface area contributed by atoms with Gasteiger partial charge in [-0.1, -0.05) is 105 Å². The average molecular weight is 309 g/mol. The number of rotatable bonds is 14. The lowest BCUT2D eigenvalue weighted by molar-refractivity contribution is 0.149. The van der Waals surface area contributed by atoms with E-state index in [0.29, 0.717) is 5.41 Å². The largest absolute Gasteiger partial charge is 0.0654 e. The zero-order valence-corrected chi connectivity index (χ0v) is 16.4. The standard InChI is InChI=1S/C22H44/c1-6-9-11-12-13-14-15-19(4)22(5,8-3)18-21-17-20(21)16-10-7-2/h19-21H,6-18H2,1-5H3. The second-order valence-electron chi connectivity index (χ2n) is 8.57. The van der Waals surface area contributed by atoms with Crippen molar-refractivity contribution in [2.24, 2.45) is 23.2 Å². The molecule has 0 bridgehead atoms. The molecule has 0 amide bonds. The zero-order valence-electron chi connectivity index (χ0n) is 16.4. The first kappa shape index (κ1) is 20.0. The molecular formula is C22H44. The van der Waals surface area contributed by atoms with Crippen molar-refractivity contribution in [1.29, 1.82) is 0 Å². The molecule has 1 aliphatic rings. The van der Waals surface area contributed by atoms with E-state index in [4.69, 9.17) is 0 Å². The molecule has 1 fully saturated rings. The topological polar surface area (TPSA) is 0 Å². The van der Waals surface area contributed by atoms with E-state index in [0.717, 1.165) is 17.8 Å². The highest BCUT2D eigenvalue weighted by Gasteiger charge is 2.42. The van der Waals surface area contributed by atoms with Gasteiger partial charge in [0.25, 0.3) is 0 Å². The summed E-state index contributed by atoms with van der Waals surface area (Å²) in [6.45, 7) is 12.2. The van der Waals surface area contributed by atoms with Gasteiger partial charge in [-0.15, -0.1) is 0 Å². The van der Waals surface area contributed by atoms with E-state index in [9.17, 15) is 0 Å². The monoisotopic (exact) mass is 308 g/mol. The molecule has 0 aromatic carbocycles. The molecule has 4 unspecified atom stereocenters. The number of hydrogen-bond donors (Lipinski definition) is 0. The summed E-state index contributed by atoms with van der Waals surface area (Å²) in [4.78, 5) is 0. The number of unbranched alkanes of at least 4 members (excludes halogenated alkanes) is 6. The van der Waals surface area contributed by atoms with Crippen LogP contribution < -0.4 is 0 Å². The van der Waals surface area contributed by atoms with Crippen molar-refractivity contribution in [3.8, 4) is 0 Å². The molecule has 0 aromatic heterocycles. The zero-order chi connectivity index (χ0) is 16.4. The molecule has 1 aliphatic carbocycles. The summed E-state index contributed by atoms with van der Waals surface area (Å²) >= 11 is 0. The normalized spacial score (nSPS) is 25.0. The van der Waals surface area contributed by atoms with Crippen LogP contribution in [-0.4, -0.2) is 0 Å². The van der Waals surface area contributed by atoms with E-state index in [1.165, 1.54) is 77.0 Å². The fourth-order valence-electron chi connectivity index (χ4n) is 4.25. The lowest BCUT2D eigenvalue weighted by atomic mass is 9.70. The van der Waals surface area contributed by atoms with Crippen LogP contribution in [0.3, 0.4) is 0 Å². The van der Waals surface area contributed by atoms with E-state index in [-0.39, 0.29) is 0 Å². The Kier molecular flexibility index (Phi) is 9.76. The first-order valence-corrected chi connectivity index (χ1v) is 10.6. The van der Waals surface area contributed by atoms with Gasteiger partial charge in [-0.3, -0.25) is 0 Å². The van der Waals surface area contributed by atoms with Crippen molar-refractivity contribution in [2.45, 2.75) is 118 Å². The number of hydrogen-bond acceptors (Lipinski definition) is 0. The van der Waals surface area contributed by atoms with Crippen LogP contribution in [0.2, 0.25) is 0 Å². The Morgan fingerprint density at radius 3 is 2.14 bits per heavy atom. The molecule has 0 heteroatoms. The van der Waals surface area contributed by atoms with Crippen molar-refractivity contribution >= 4 is 0 Å². The Hall–Kier alpha value is 0. The Morgan fingerprint density at radius 1 is 0.864 bits per heavy atom. The maximum absolute atomic E-state index is 2.59. The highest BCUT2D eigenvalue weighted by Crippen LogP contribution is 2.52. The van der Waals surface area contributed by atoms with Crippen molar-refractivity contribution in [1.82, 2.24) is 0 Å². The summed E-state index contributed by atoms with van der Waals surface area (Å²) in [7, 11) is 0. The van der Waals surface area contributed by atoms with Gasteiger partial charge < -0.3 is 0 Å². The maximum Gasteiger partial charge on any atom is -0.0300 e. The van der Waals surface area contributed by atoms with Crippen molar-refractivity contribution in [2.75, 3.05) is 0 Å². The van der Waals surface area contributed by atoms with Crippen LogP contribution in [0.5, 0.6) is 0 Å². The van der Waals surface area contributed by atoms with E-state index in [1.807, 2.05) is 0 Å². The van der Waals surface area contributed by atoms with Crippen LogP contribution in [0, 0.1) is 23.2 Å². The summed E-state index contributed by atoms with van der Waals surface area (Å²) in [5.74, 6) is 3.08. The van der Waals surface area contributed by atoms with Gasteiger partial charge in [0.15, 0.2) is 0 Å². The second kappa shape index (κ2) is 10.7. The van der Waals surface area contributed by atoms with Crippen LogP contribution in [0.4, 0.5) is 0 Å². The van der Waals surface area contributed by atoms with Crippen LogP contribution in [0.25, 0.3) is 0 Å². The third kappa shape index (κ3) is 7.05. The molecule has 0 aromatic rings. The molecule has 0 N–H and O–H groups in total. The highest BCUT2D eigenvalue weighted by atomic mass is 14.5. The van der Waals surface area contributed by atoms with Gasteiger partial charge >= 0.3 is 0 Å². The average Bonchev–Trinajstić information content (AvgIpc) is 3.25. The molecule has 0 radical (unpaired) electrons. The van der Waals surface area contributed by atoms with E-state index >= 15 is 0 Å². The molecule has 1 rings (SSSR count). The summed E-state index contributed by atoms with van der Waals surface area (Å²) < 4.78 is 0. The quantitative estimate of drug-likeness (QED) is 0.285. The molecule has 132 valence electrons. The van der Waals surface area contributed by atoms with E-state index < -0.39 is 0 Å². The molecule has 0 saturated heterocycles. The van der Waals surface area contributed by atoms with Gasteiger partial charge in [-0.25, -0.2) is 0 Å². The molecule has 0 heterocycles. The first-order chi connectivity index (χ1) is 10.6. The van der Waals surface area contributed by atoms with E-state index in [2.05, 4.69) is 34.6 Å². The molecule has 0 aliphatic heterocycles. The molecular weight excluding hydrogens is 264 g/mol. The first-order valence-electron chi connectivity index (χ1n) is 10.6. The Labute approximate surface area is 141 Å². The lowest BCUT2D eigenvalue weighted by Gasteiger charge is -2.35. The maximum atomic E-state index is 2.59. The van der Waals surface area contributed by atoms with Crippen LogP contribution >= 0.6 is 0 Å². The summed E-state index contributed by atoms with van der Waals surface area (Å²) in [6.07, 6.45) is 18.9. The van der Waals surface area contributed by atoms with Crippen LogP contribution in [0.1, 0.15) is 118 Å². The Bertz CT molecular complexity index is 269. The minimum absolute atomic E-state index is 0.606. The second-order valence-corrected chi connectivity index (χ2v) is 8.57. The molecule has 4 atom stereocenters. The molecule has 1 saturated carbocycles.